The number of rotatable bonds is 10. The third kappa shape index (κ3) is 11.4. The van der Waals surface area contributed by atoms with Crippen molar-refractivity contribution in [2.45, 2.75) is 66.3 Å². The maximum Gasteiger partial charge on any atom is 0.102 e. The zero-order valence-corrected chi connectivity index (χ0v) is 23.8. The molecule has 3 aromatic rings. The van der Waals surface area contributed by atoms with Crippen molar-refractivity contribution in [3.05, 3.63) is 131 Å². The van der Waals surface area contributed by atoms with Gasteiger partial charge in [0, 0.05) is 5.70 Å². The molecule has 3 nitrogen and oxygen atoms in total. The van der Waals surface area contributed by atoms with Crippen LogP contribution in [-0.2, 0) is 6.42 Å². The Morgan fingerprint density at radius 2 is 1.46 bits per heavy atom. The van der Waals surface area contributed by atoms with Crippen molar-refractivity contribution in [2.75, 3.05) is 7.05 Å². The quantitative estimate of drug-likeness (QED) is 0.167. The number of allylic oxidation sites excluding steroid dienone is 3. The molecule has 0 aliphatic carbocycles. The van der Waals surface area contributed by atoms with Crippen LogP contribution in [0.5, 0.6) is 0 Å². The summed E-state index contributed by atoms with van der Waals surface area (Å²) in [4.78, 5) is 4.86. The molecule has 0 unspecified atom stereocenters. The first-order valence-corrected chi connectivity index (χ1v) is 13.4. The maximum absolute atomic E-state index is 4.86. The van der Waals surface area contributed by atoms with Crippen LogP contribution in [0.2, 0.25) is 0 Å². The summed E-state index contributed by atoms with van der Waals surface area (Å²) in [6.07, 6.45) is 6.07. The molecule has 0 amide bonds. The zero-order chi connectivity index (χ0) is 27.5. The van der Waals surface area contributed by atoms with Crippen molar-refractivity contribution in [2.24, 2.45) is 10.7 Å². The molecule has 0 saturated carbocycles. The second kappa shape index (κ2) is 18.8. The molecular formula is C34H47N3. The van der Waals surface area contributed by atoms with Crippen molar-refractivity contribution in [3.8, 4) is 0 Å². The second-order valence-corrected chi connectivity index (χ2v) is 8.83. The van der Waals surface area contributed by atoms with Crippen LogP contribution in [0.1, 0.15) is 75.3 Å². The topological polar surface area (TPSA) is 50.4 Å². The Kier molecular flexibility index (Phi) is 16.0. The van der Waals surface area contributed by atoms with Crippen LogP contribution in [-0.4, -0.2) is 13.4 Å². The summed E-state index contributed by atoms with van der Waals surface area (Å²) in [5.74, 6) is 0. The van der Waals surface area contributed by atoms with Crippen LogP contribution in [0.3, 0.4) is 0 Å². The molecule has 37 heavy (non-hydrogen) atoms. The van der Waals surface area contributed by atoms with Gasteiger partial charge in [0.25, 0.3) is 0 Å². The highest BCUT2D eigenvalue weighted by atomic mass is 15.0. The fourth-order valence-electron chi connectivity index (χ4n) is 4.09. The second-order valence-electron chi connectivity index (χ2n) is 8.83. The summed E-state index contributed by atoms with van der Waals surface area (Å²) in [6, 6.07) is 29.4. The number of nitrogens with one attached hydrogen (secondary N) is 1. The van der Waals surface area contributed by atoms with E-state index in [0.717, 1.165) is 31.3 Å². The van der Waals surface area contributed by atoms with Gasteiger partial charge in [0.15, 0.2) is 0 Å². The molecule has 3 aromatic carbocycles. The molecular weight excluding hydrogens is 450 g/mol. The van der Waals surface area contributed by atoms with E-state index in [1.807, 2.05) is 18.5 Å². The third-order valence-corrected chi connectivity index (χ3v) is 5.92. The summed E-state index contributed by atoms with van der Waals surface area (Å²) in [5.41, 5.74) is 13.3. The lowest BCUT2D eigenvalue weighted by molar-refractivity contribution is 0.819. The Balaban J connectivity index is 0.000000519. The highest BCUT2D eigenvalue weighted by molar-refractivity contribution is 5.60. The Bertz CT molecular complexity index is 1040. The average molecular weight is 498 g/mol. The maximum atomic E-state index is 4.86. The lowest BCUT2D eigenvalue weighted by Gasteiger charge is -2.16. The van der Waals surface area contributed by atoms with Crippen molar-refractivity contribution < 1.29 is 0 Å². The first kappa shape index (κ1) is 31.6. The standard InChI is InChI=1S/C24H30N2.C9H12.CH5N/c1-5-13-23(22(6-2)19(3)4)25-18-26-24(20-14-9-7-10-15-20)21-16-11-8-12-17-21;1-3-9-6-4-5-8(2)7-9;1-2/h7-12,14-18,24H,3,5-6,13H2,1-2,4H3,(H,25,26);4-7H,3H2,1-2H3;2H2,1H3/b23-22-;;. The summed E-state index contributed by atoms with van der Waals surface area (Å²) in [6.45, 7) is 14.9. The van der Waals surface area contributed by atoms with Crippen LogP contribution in [0.25, 0.3) is 0 Å². The summed E-state index contributed by atoms with van der Waals surface area (Å²) in [5, 5.41) is 3.45. The zero-order valence-electron chi connectivity index (χ0n) is 23.8. The number of nitrogens with two attached hydrogens (primary N) is 1. The molecule has 0 heterocycles. The lowest BCUT2D eigenvalue weighted by atomic mass is 9.99. The van der Waals surface area contributed by atoms with Crippen LogP contribution in [0, 0.1) is 6.92 Å². The van der Waals surface area contributed by atoms with E-state index in [1.54, 1.807) is 0 Å². The highest BCUT2D eigenvalue weighted by Gasteiger charge is 2.11. The van der Waals surface area contributed by atoms with E-state index in [2.05, 4.69) is 125 Å². The predicted octanol–water partition coefficient (Wildman–Crippen LogP) is 8.57. The largest absolute Gasteiger partial charge is 0.350 e. The molecule has 3 N–H and O–H groups in total. The van der Waals surface area contributed by atoms with Crippen LogP contribution < -0.4 is 11.1 Å². The van der Waals surface area contributed by atoms with Crippen molar-refractivity contribution in [1.82, 2.24) is 5.32 Å². The van der Waals surface area contributed by atoms with E-state index >= 15 is 0 Å². The van der Waals surface area contributed by atoms with Gasteiger partial charge < -0.3 is 11.1 Å². The first-order chi connectivity index (χ1) is 18.0. The van der Waals surface area contributed by atoms with Gasteiger partial charge in [-0.05, 0) is 62.4 Å². The Morgan fingerprint density at radius 1 is 0.892 bits per heavy atom. The molecule has 0 aromatic heterocycles. The molecule has 3 heteroatoms. The van der Waals surface area contributed by atoms with E-state index in [4.69, 9.17) is 4.99 Å². The van der Waals surface area contributed by atoms with E-state index in [9.17, 15) is 0 Å². The van der Waals surface area contributed by atoms with Crippen molar-refractivity contribution >= 4 is 6.34 Å². The minimum Gasteiger partial charge on any atom is -0.350 e. The fraction of sp³-hybridized carbons (Fsp3) is 0.324. The molecule has 3 rings (SSSR count). The lowest BCUT2D eigenvalue weighted by Crippen LogP contribution is -2.15. The number of aliphatic imine (C=N–C) groups is 1. The Morgan fingerprint density at radius 3 is 1.86 bits per heavy atom. The molecule has 0 radical (unpaired) electrons. The summed E-state index contributed by atoms with van der Waals surface area (Å²) < 4.78 is 0. The minimum absolute atomic E-state index is 0.0114. The van der Waals surface area contributed by atoms with Crippen LogP contribution >= 0.6 is 0 Å². The normalized spacial score (nSPS) is 11.1. The van der Waals surface area contributed by atoms with Gasteiger partial charge in [-0.15, -0.1) is 0 Å². The van der Waals surface area contributed by atoms with Gasteiger partial charge in [0.1, 0.15) is 6.04 Å². The summed E-state index contributed by atoms with van der Waals surface area (Å²) >= 11 is 0. The summed E-state index contributed by atoms with van der Waals surface area (Å²) in [7, 11) is 1.50. The molecule has 0 atom stereocenters. The van der Waals surface area contributed by atoms with E-state index < -0.39 is 0 Å². The van der Waals surface area contributed by atoms with Gasteiger partial charge in [-0.2, -0.15) is 0 Å². The Hall–Kier alpha value is -3.43. The minimum atomic E-state index is -0.0114. The number of hydrogen-bond donors (Lipinski definition) is 2. The van der Waals surface area contributed by atoms with E-state index in [0.29, 0.717) is 0 Å². The average Bonchev–Trinajstić information content (AvgIpc) is 2.93. The SMILES string of the molecule is C=C(C)/C(CC)=C(/CCC)NC=NC(c1ccccc1)c1ccccc1.CCc1cccc(C)c1.CN. The van der Waals surface area contributed by atoms with E-state index in [1.165, 1.54) is 40.6 Å². The third-order valence-electron chi connectivity index (χ3n) is 5.92. The fourth-order valence-corrected chi connectivity index (χ4v) is 4.09. The number of aryl methyl sites for hydroxylation is 2. The molecule has 0 spiro atoms. The van der Waals surface area contributed by atoms with Gasteiger partial charge in [-0.3, -0.25) is 4.99 Å². The van der Waals surface area contributed by atoms with Gasteiger partial charge in [-0.1, -0.05) is 130 Å². The van der Waals surface area contributed by atoms with Crippen LogP contribution in [0.4, 0.5) is 0 Å². The van der Waals surface area contributed by atoms with Crippen molar-refractivity contribution in [3.63, 3.8) is 0 Å². The Labute approximate surface area is 226 Å². The van der Waals surface area contributed by atoms with Crippen molar-refractivity contribution in [1.29, 1.82) is 0 Å². The number of nitrogens with zero attached hydrogens (tertiary/aromatic N) is 1. The molecule has 0 fully saturated rings. The number of benzene rings is 3. The van der Waals surface area contributed by atoms with Crippen LogP contribution in [0.15, 0.2) is 113 Å². The van der Waals surface area contributed by atoms with Gasteiger partial charge >= 0.3 is 0 Å². The van der Waals surface area contributed by atoms with Gasteiger partial charge in [0.2, 0.25) is 0 Å². The smallest absolute Gasteiger partial charge is 0.102 e. The monoisotopic (exact) mass is 497 g/mol. The molecule has 0 aliphatic rings. The molecule has 0 saturated heterocycles. The predicted molar refractivity (Wildman–Crippen MR) is 164 cm³/mol. The first-order valence-electron chi connectivity index (χ1n) is 13.4. The molecule has 0 aliphatic heterocycles. The number of hydrogen-bond acceptors (Lipinski definition) is 2. The highest BCUT2D eigenvalue weighted by Crippen LogP contribution is 2.25. The van der Waals surface area contributed by atoms with Gasteiger partial charge in [0.05, 0.1) is 6.34 Å². The molecule has 198 valence electrons. The van der Waals surface area contributed by atoms with Gasteiger partial charge in [-0.25, -0.2) is 0 Å². The van der Waals surface area contributed by atoms with E-state index in [-0.39, 0.29) is 6.04 Å². The molecule has 0 bridgehead atoms.